The maximum Gasteiger partial charge on any atom is 0.339 e. The van der Waals surface area contributed by atoms with Gasteiger partial charge in [-0.05, 0) is 55.5 Å². The summed E-state index contributed by atoms with van der Waals surface area (Å²) < 4.78 is 5.14. The molecular weight excluding hydrogens is 368 g/mol. The Morgan fingerprint density at radius 1 is 1.14 bits per heavy atom. The summed E-state index contributed by atoms with van der Waals surface area (Å²) in [5.74, 6) is -0.914. The summed E-state index contributed by atoms with van der Waals surface area (Å²) in [5, 5.41) is 12.3. The average Bonchev–Trinajstić information content (AvgIpc) is 2.74. The monoisotopic (exact) mass is 396 g/mol. The summed E-state index contributed by atoms with van der Waals surface area (Å²) in [5.41, 5.74) is 3.09. The van der Waals surface area contributed by atoms with E-state index in [1.165, 1.54) is 38.1 Å². The molecule has 1 amide bonds. The van der Waals surface area contributed by atoms with Gasteiger partial charge >= 0.3 is 5.97 Å². The molecule has 1 aliphatic rings. The predicted molar refractivity (Wildman–Crippen MR) is 113 cm³/mol. The molecule has 0 spiro atoms. The second-order valence-corrected chi connectivity index (χ2v) is 7.41. The number of hydrogen-bond donors (Lipinski definition) is 2. The van der Waals surface area contributed by atoms with Gasteiger partial charge in [-0.2, -0.15) is 0 Å². The van der Waals surface area contributed by atoms with Gasteiger partial charge in [0.2, 0.25) is 5.91 Å². The topological polar surface area (TPSA) is 78.9 Å². The highest BCUT2D eigenvalue weighted by atomic mass is 16.5. The molecule has 0 aromatic heterocycles. The SMILES string of the molecule is COc1cc(CC(=O)NC(C)c2ccccc2N2CCCCC2)ccc1C(=O)O. The lowest BCUT2D eigenvalue weighted by molar-refractivity contribution is -0.121. The van der Waals surface area contributed by atoms with Crippen LogP contribution in [0, 0.1) is 0 Å². The molecule has 0 saturated carbocycles. The minimum absolute atomic E-state index is 0.0838. The Morgan fingerprint density at radius 2 is 1.86 bits per heavy atom. The number of methoxy groups -OCH3 is 1. The van der Waals surface area contributed by atoms with Crippen molar-refractivity contribution in [1.29, 1.82) is 0 Å². The fourth-order valence-electron chi connectivity index (χ4n) is 3.85. The van der Waals surface area contributed by atoms with Crippen LogP contribution in [0.2, 0.25) is 0 Å². The lowest BCUT2D eigenvalue weighted by Gasteiger charge is -2.32. The maximum atomic E-state index is 12.6. The molecule has 1 saturated heterocycles. The van der Waals surface area contributed by atoms with E-state index in [1.807, 2.05) is 19.1 Å². The van der Waals surface area contributed by atoms with E-state index in [0.717, 1.165) is 18.7 Å². The standard InChI is InChI=1S/C23H28N2O4/c1-16(18-8-4-5-9-20(18)25-12-6-3-7-13-25)24-22(26)15-17-10-11-19(23(27)28)21(14-17)29-2/h4-5,8-11,14,16H,3,6-7,12-13,15H2,1-2H3,(H,24,26)(H,27,28). The number of carbonyl (C=O) groups excluding carboxylic acids is 1. The molecule has 1 heterocycles. The summed E-state index contributed by atoms with van der Waals surface area (Å²) in [4.78, 5) is 26.2. The molecule has 0 radical (unpaired) electrons. The number of aromatic carboxylic acids is 1. The molecule has 6 heteroatoms. The van der Waals surface area contributed by atoms with Crippen LogP contribution in [-0.4, -0.2) is 37.2 Å². The van der Waals surface area contributed by atoms with Crippen molar-refractivity contribution >= 4 is 17.6 Å². The summed E-state index contributed by atoms with van der Waals surface area (Å²) in [6, 6.07) is 12.8. The largest absolute Gasteiger partial charge is 0.496 e. The van der Waals surface area contributed by atoms with E-state index >= 15 is 0 Å². The predicted octanol–water partition coefficient (Wildman–Crippen LogP) is 3.80. The Morgan fingerprint density at radius 3 is 2.55 bits per heavy atom. The fourth-order valence-corrected chi connectivity index (χ4v) is 3.85. The number of rotatable bonds is 7. The van der Waals surface area contributed by atoms with Gasteiger partial charge in [-0.25, -0.2) is 4.79 Å². The lowest BCUT2D eigenvalue weighted by atomic mass is 10.0. The van der Waals surface area contributed by atoms with Crippen LogP contribution in [0.5, 0.6) is 5.75 Å². The van der Waals surface area contributed by atoms with E-state index in [-0.39, 0.29) is 29.7 Å². The van der Waals surface area contributed by atoms with Gasteiger partial charge in [0.25, 0.3) is 0 Å². The van der Waals surface area contributed by atoms with Gasteiger partial charge in [0.15, 0.2) is 0 Å². The van der Waals surface area contributed by atoms with Gasteiger partial charge < -0.3 is 20.1 Å². The number of anilines is 1. The molecule has 1 aliphatic heterocycles. The molecule has 2 aromatic carbocycles. The first-order valence-corrected chi connectivity index (χ1v) is 10.0. The van der Waals surface area contributed by atoms with Crippen LogP contribution in [0.1, 0.15) is 53.7 Å². The van der Waals surface area contributed by atoms with E-state index in [4.69, 9.17) is 4.74 Å². The number of benzene rings is 2. The molecule has 0 bridgehead atoms. The van der Waals surface area contributed by atoms with Gasteiger partial charge in [0.1, 0.15) is 11.3 Å². The summed E-state index contributed by atoms with van der Waals surface area (Å²) >= 11 is 0. The molecule has 2 N–H and O–H groups in total. The molecular formula is C23H28N2O4. The highest BCUT2D eigenvalue weighted by Crippen LogP contribution is 2.29. The zero-order valence-corrected chi connectivity index (χ0v) is 17.0. The second-order valence-electron chi connectivity index (χ2n) is 7.41. The second kappa shape index (κ2) is 9.45. The Labute approximate surface area is 171 Å². The maximum absolute atomic E-state index is 12.6. The van der Waals surface area contributed by atoms with E-state index < -0.39 is 5.97 Å². The third-order valence-electron chi connectivity index (χ3n) is 5.34. The molecule has 2 aromatic rings. The van der Waals surface area contributed by atoms with Crippen LogP contribution in [-0.2, 0) is 11.2 Å². The number of ether oxygens (including phenoxy) is 1. The molecule has 154 valence electrons. The third-order valence-corrected chi connectivity index (χ3v) is 5.34. The normalized spacial score (nSPS) is 14.9. The first kappa shape index (κ1) is 20.7. The van der Waals surface area contributed by atoms with Gasteiger partial charge in [0, 0.05) is 18.8 Å². The summed E-state index contributed by atoms with van der Waals surface area (Å²) in [6.07, 6.45) is 3.83. The van der Waals surface area contributed by atoms with E-state index in [2.05, 4.69) is 22.3 Å². The number of piperidine rings is 1. The molecule has 29 heavy (non-hydrogen) atoms. The van der Waals surface area contributed by atoms with Crippen LogP contribution >= 0.6 is 0 Å². The third kappa shape index (κ3) is 5.08. The van der Waals surface area contributed by atoms with Crippen molar-refractivity contribution in [2.45, 2.75) is 38.6 Å². The number of carbonyl (C=O) groups is 2. The van der Waals surface area contributed by atoms with Crippen molar-refractivity contribution < 1.29 is 19.4 Å². The van der Waals surface area contributed by atoms with Gasteiger partial charge in [-0.3, -0.25) is 4.79 Å². The smallest absolute Gasteiger partial charge is 0.339 e. The molecule has 0 aliphatic carbocycles. The molecule has 1 fully saturated rings. The van der Waals surface area contributed by atoms with Crippen molar-refractivity contribution in [3.63, 3.8) is 0 Å². The van der Waals surface area contributed by atoms with E-state index in [9.17, 15) is 14.7 Å². The number of carboxylic acids is 1. The van der Waals surface area contributed by atoms with Crippen molar-refractivity contribution in [2.75, 3.05) is 25.1 Å². The zero-order chi connectivity index (χ0) is 20.8. The number of nitrogens with one attached hydrogen (secondary N) is 1. The minimum Gasteiger partial charge on any atom is -0.496 e. The molecule has 3 rings (SSSR count). The van der Waals surface area contributed by atoms with E-state index in [0.29, 0.717) is 5.56 Å². The van der Waals surface area contributed by atoms with Crippen LogP contribution in [0.3, 0.4) is 0 Å². The number of nitrogens with zero attached hydrogens (tertiary/aromatic N) is 1. The quantitative estimate of drug-likeness (QED) is 0.744. The first-order chi connectivity index (χ1) is 14.0. The van der Waals surface area contributed by atoms with Crippen molar-refractivity contribution in [3.8, 4) is 5.75 Å². The lowest BCUT2D eigenvalue weighted by Crippen LogP contribution is -2.33. The molecule has 6 nitrogen and oxygen atoms in total. The number of para-hydroxylation sites is 1. The number of carboxylic acid groups (broad SMARTS) is 1. The van der Waals surface area contributed by atoms with Gasteiger partial charge in [-0.1, -0.05) is 24.3 Å². The van der Waals surface area contributed by atoms with Crippen molar-refractivity contribution in [3.05, 3.63) is 59.2 Å². The molecule has 1 unspecified atom stereocenters. The van der Waals surface area contributed by atoms with Crippen LogP contribution in [0.25, 0.3) is 0 Å². The number of amides is 1. The summed E-state index contributed by atoms with van der Waals surface area (Å²) in [6.45, 7) is 4.09. The highest BCUT2D eigenvalue weighted by molar-refractivity contribution is 5.91. The Kier molecular flexibility index (Phi) is 6.75. The minimum atomic E-state index is -1.05. The zero-order valence-electron chi connectivity index (χ0n) is 17.0. The van der Waals surface area contributed by atoms with Crippen LogP contribution < -0.4 is 15.0 Å². The fraction of sp³-hybridized carbons (Fsp3) is 0.391. The molecule has 1 atom stereocenters. The Bertz CT molecular complexity index is 875. The van der Waals surface area contributed by atoms with Gasteiger partial charge in [0.05, 0.1) is 19.6 Å². The highest BCUT2D eigenvalue weighted by Gasteiger charge is 2.19. The average molecular weight is 396 g/mol. The summed E-state index contributed by atoms with van der Waals surface area (Å²) in [7, 11) is 1.42. The van der Waals surface area contributed by atoms with E-state index in [1.54, 1.807) is 12.1 Å². The van der Waals surface area contributed by atoms with Gasteiger partial charge in [-0.15, -0.1) is 0 Å². The first-order valence-electron chi connectivity index (χ1n) is 10.0. The Hall–Kier alpha value is -3.02. The number of hydrogen-bond acceptors (Lipinski definition) is 4. The van der Waals surface area contributed by atoms with Crippen LogP contribution in [0.4, 0.5) is 5.69 Å². The Balaban J connectivity index is 1.69. The van der Waals surface area contributed by atoms with Crippen LogP contribution in [0.15, 0.2) is 42.5 Å². The van der Waals surface area contributed by atoms with Crippen molar-refractivity contribution in [1.82, 2.24) is 5.32 Å². The van der Waals surface area contributed by atoms with Crippen molar-refractivity contribution in [2.24, 2.45) is 0 Å².